The Balaban J connectivity index is 1.36. The molecule has 0 aromatic heterocycles. The molecule has 1 aliphatic rings. The van der Waals surface area contributed by atoms with E-state index in [4.69, 9.17) is 9.47 Å². The molecule has 0 bridgehead atoms. The van der Waals surface area contributed by atoms with Crippen LogP contribution in [0.5, 0.6) is 5.75 Å². The number of hydrogen-bond acceptors (Lipinski definition) is 2. The van der Waals surface area contributed by atoms with Gasteiger partial charge in [-0.25, -0.2) is 0 Å². The average Bonchev–Trinajstić information content (AvgIpc) is 3.11. The van der Waals surface area contributed by atoms with Gasteiger partial charge in [0.15, 0.2) is 0 Å². The molecular formula is C20H24O2. The van der Waals surface area contributed by atoms with E-state index in [-0.39, 0.29) is 0 Å². The predicted molar refractivity (Wildman–Crippen MR) is 89.2 cm³/mol. The van der Waals surface area contributed by atoms with Gasteiger partial charge in [-0.15, -0.1) is 0 Å². The van der Waals surface area contributed by atoms with Crippen LogP contribution in [-0.4, -0.2) is 13.2 Å². The van der Waals surface area contributed by atoms with Crippen molar-refractivity contribution in [3.8, 4) is 5.75 Å². The second-order valence-corrected chi connectivity index (χ2v) is 5.94. The van der Waals surface area contributed by atoms with Crippen molar-refractivity contribution < 1.29 is 9.47 Å². The summed E-state index contributed by atoms with van der Waals surface area (Å²) < 4.78 is 11.4. The predicted octanol–water partition coefficient (Wildman–Crippen LogP) is 4.94. The Bertz CT molecular complexity index is 542. The molecule has 3 rings (SSSR count). The normalized spacial score (nSPS) is 15.1. The minimum atomic E-state index is 0.593. The van der Waals surface area contributed by atoms with Gasteiger partial charge >= 0.3 is 0 Å². The molecule has 0 unspecified atom stereocenters. The summed E-state index contributed by atoms with van der Waals surface area (Å²) in [5, 5.41) is 0. The lowest BCUT2D eigenvalue weighted by Gasteiger charge is -2.11. The highest BCUT2D eigenvalue weighted by Crippen LogP contribution is 2.34. The Morgan fingerprint density at radius 2 is 1.55 bits per heavy atom. The van der Waals surface area contributed by atoms with Crippen molar-refractivity contribution in [2.24, 2.45) is 0 Å². The first-order valence-corrected chi connectivity index (χ1v) is 8.26. The van der Waals surface area contributed by atoms with Crippen molar-refractivity contribution >= 4 is 0 Å². The van der Waals surface area contributed by atoms with Crippen molar-refractivity contribution in [2.75, 3.05) is 13.2 Å². The van der Waals surface area contributed by atoms with Crippen LogP contribution < -0.4 is 4.74 Å². The van der Waals surface area contributed by atoms with Crippen molar-refractivity contribution in [1.82, 2.24) is 0 Å². The highest BCUT2D eigenvalue weighted by molar-refractivity contribution is 5.29. The molecule has 2 heteroatoms. The van der Waals surface area contributed by atoms with Crippen molar-refractivity contribution in [3.05, 3.63) is 65.7 Å². The van der Waals surface area contributed by atoms with Gasteiger partial charge in [-0.1, -0.05) is 55.3 Å². The fourth-order valence-corrected chi connectivity index (χ4v) is 3.08. The lowest BCUT2D eigenvalue weighted by atomic mass is 9.98. The Morgan fingerprint density at radius 3 is 2.27 bits per heavy atom. The highest BCUT2D eigenvalue weighted by atomic mass is 16.5. The lowest BCUT2D eigenvalue weighted by Crippen LogP contribution is -2.06. The standard InChI is InChI=1S/C20H24O2/c1-2-6-17(7-3-1)16-21-14-15-22-20-12-10-19(11-13-20)18-8-4-5-9-18/h1-3,6-7,10-13,18H,4-5,8-9,14-16H2. The largest absolute Gasteiger partial charge is 0.491 e. The Labute approximate surface area is 133 Å². The summed E-state index contributed by atoms with van der Waals surface area (Å²) in [6, 6.07) is 18.8. The summed E-state index contributed by atoms with van der Waals surface area (Å²) in [5.41, 5.74) is 2.66. The van der Waals surface area contributed by atoms with Crippen LogP contribution in [0.1, 0.15) is 42.7 Å². The first kappa shape index (κ1) is 15.1. The maximum Gasteiger partial charge on any atom is 0.119 e. The second kappa shape index (κ2) is 8.00. The fourth-order valence-electron chi connectivity index (χ4n) is 3.08. The zero-order chi connectivity index (χ0) is 15.0. The summed E-state index contributed by atoms with van der Waals surface area (Å²) in [7, 11) is 0. The maximum atomic E-state index is 5.74. The topological polar surface area (TPSA) is 18.5 Å². The molecule has 1 saturated carbocycles. The lowest BCUT2D eigenvalue weighted by molar-refractivity contribution is 0.0889. The van der Waals surface area contributed by atoms with Gasteiger partial charge in [0.2, 0.25) is 0 Å². The summed E-state index contributed by atoms with van der Waals surface area (Å²) in [4.78, 5) is 0. The summed E-state index contributed by atoms with van der Waals surface area (Å²) in [6.07, 6.45) is 5.43. The zero-order valence-corrected chi connectivity index (χ0v) is 13.0. The average molecular weight is 296 g/mol. The molecule has 0 atom stereocenters. The van der Waals surface area contributed by atoms with E-state index in [1.165, 1.54) is 36.8 Å². The van der Waals surface area contributed by atoms with Gasteiger partial charge in [0, 0.05) is 0 Å². The van der Waals surface area contributed by atoms with Crippen LogP contribution in [0.2, 0.25) is 0 Å². The number of ether oxygens (including phenoxy) is 2. The fraction of sp³-hybridized carbons (Fsp3) is 0.400. The Morgan fingerprint density at radius 1 is 0.818 bits per heavy atom. The van der Waals surface area contributed by atoms with E-state index in [2.05, 4.69) is 36.4 Å². The number of hydrogen-bond donors (Lipinski definition) is 0. The zero-order valence-electron chi connectivity index (χ0n) is 13.0. The molecule has 2 aromatic carbocycles. The van der Waals surface area contributed by atoms with Gasteiger partial charge in [0.1, 0.15) is 12.4 Å². The highest BCUT2D eigenvalue weighted by Gasteiger charge is 2.16. The van der Waals surface area contributed by atoms with E-state index in [0.717, 1.165) is 11.7 Å². The molecule has 0 N–H and O–H groups in total. The van der Waals surface area contributed by atoms with Gasteiger partial charge in [0.05, 0.1) is 13.2 Å². The van der Waals surface area contributed by atoms with Gasteiger partial charge < -0.3 is 9.47 Å². The molecule has 2 nitrogen and oxygen atoms in total. The molecule has 1 fully saturated rings. The van der Waals surface area contributed by atoms with Crippen LogP contribution >= 0.6 is 0 Å². The molecule has 116 valence electrons. The Kier molecular flexibility index (Phi) is 5.49. The van der Waals surface area contributed by atoms with E-state index < -0.39 is 0 Å². The number of rotatable bonds is 7. The third-order valence-corrected chi connectivity index (χ3v) is 4.31. The van der Waals surface area contributed by atoms with Crippen molar-refractivity contribution in [1.29, 1.82) is 0 Å². The quantitative estimate of drug-likeness (QED) is 0.674. The molecule has 0 amide bonds. The molecule has 0 aliphatic heterocycles. The van der Waals surface area contributed by atoms with Gasteiger partial charge in [-0.05, 0) is 42.0 Å². The molecule has 1 aliphatic carbocycles. The molecule has 22 heavy (non-hydrogen) atoms. The summed E-state index contributed by atoms with van der Waals surface area (Å²) in [5.74, 6) is 1.70. The molecule has 2 aromatic rings. The third kappa shape index (κ3) is 4.35. The Hall–Kier alpha value is -1.80. The minimum Gasteiger partial charge on any atom is -0.491 e. The van der Waals surface area contributed by atoms with Crippen LogP contribution in [0, 0.1) is 0 Å². The minimum absolute atomic E-state index is 0.593. The van der Waals surface area contributed by atoms with Gasteiger partial charge in [-0.2, -0.15) is 0 Å². The molecule has 0 heterocycles. The SMILES string of the molecule is c1ccc(COCCOc2ccc(C3CCCC3)cc2)cc1. The van der Waals surface area contributed by atoms with E-state index in [1.807, 2.05) is 18.2 Å². The van der Waals surface area contributed by atoms with Crippen LogP contribution in [0.25, 0.3) is 0 Å². The molecular weight excluding hydrogens is 272 g/mol. The van der Waals surface area contributed by atoms with Crippen molar-refractivity contribution in [2.45, 2.75) is 38.2 Å². The van der Waals surface area contributed by atoms with Gasteiger partial charge in [0.25, 0.3) is 0 Å². The van der Waals surface area contributed by atoms with Crippen molar-refractivity contribution in [3.63, 3.8) is 0 Å². The van der Waals surface area contributed by atoms with E-state index in [1.54, 1.807) is 0 Å². The van der Waals surface area contributed by atoms with E-state index in [0.29, 0.717) is 19.8 Å². The third-order valence-electron chi connectivity index (χ3n) is 4.31. The van der Waals surface area contributed by atoms with E-state index >= 15 is 0 Å². The summed E-state index contributed by atoms with van der Waals surface area (Å²) in [6.45, 7) is 1.85. The first-order chi connectivity index (χ1) is 10.9. The smallest absolute Gasteiger partial charge is 0.119 e. The monoisotopic (exact) mass is 296 g/mol. The van der Waals surface area contributed by atoms with E-state index in [9.17, 15) is 0 Å². The molecule has 0 spiro atoms. The summed E-state index contributed by atoms with van der Waals surface area (Å²) >= 11 is 0. The first-order valence-electron chi connectivity index (χ1n) is 8.26. The molecule has 0 radical (unpaired) electrons. The van der Waals surface area contributed by atoms with Crippen LogP contribution in [0.3, 0.4) is 0 Å². The van der Waals surface area contributed by atoms with Crippen LogP contribution in [-0.2, 0) is 11.3 Å². The second-order valence-electron chi connectivity index (χ2n) is 5.94. The van der Waals surface area contributed by atoms with Crippen LogP contribution in [0.15, 0.2) is 54.6 Å². The molecule has 0 saturated heterocycles. The number of benzene rings is 2. The maximum absolute atomic E-state index is 5.74. The van der Waals surface area contributed by atoms with Crippen LogP contribution in [0.4, 0.5) is 0 Å². The van der Waals surface area contributed by atoms with Gasteiger partial charge in [-0.3, -0.25) is 0 Å².